The summed E-state index contributed by atoms with van der Waals surface area (Å²) >= 11 is 0. The van der Waals surface area contributed by atoms with Crippen LogP contribution in [0.5, 0.6) is 0 Å². The van der Waals surface area contributed by atoms with Gasteiger partial charge in [-0.1, -0.05) is 47.6 Å². The van der Waals surface area contributed by atoms with Crippen LogP contribution in [0.15, 0.2) is 47.0 Å². The predicted molar refractivity (Wildman–Crippen MR) is 108 cm³/mol. The van der Waals surface area contributed by atoms with E-state index in [0.717, 1.165) is 61.2 Å². The van der Waals surface area contributed by atoms with Crippen molar-refractivity contribution in [1.82, 2.24) is 10.1 Å². The zero-order valence-electron chi connectivity index (χ0n) is 16.5. The van der Waals surface area contributed by atoms with E-state index < -0.39 is 0 Å². The summed E-state index contributed by atoms with van der Waals surface area (Å²) in [5, 5.41) is 4.29. The van der Waals surface area contributed by atoms with E-state index in [2.05, 4.69) is 17.3 Å². The minimum absolute atomic E-state index is 0.103. The van der Waals surface area contributed by atoms with Crippen LogP contribution in [-0.2, 0) is 16.1 Å². The van der Waals surface area contributed by atoms with Gasteiger partial charge in [0.05, 0.1) is 6.54 Å². The maximum Gasteiger partial charge on any atom is 0.252 e. The van der Waals surface area contributed by atoms with Crippen LogP contribution < -0.4 is 0 Å². The van der Waals surface area contributed by atoms with E-state index in [1.807, 2.05) is 42.2 Å². The summed E-state index contributed by atoms with van der Waals surface area (Å²) < 4.78 is 11.2. The van der Waals surface area contributed by atoms with Crippen LogP contribution in [0.2, 0.25) is 0 Å². The molecule has 0 unspecified atom stereocenters. The second-order valence-electron chi connectivity index (χ2n) is 7.80. The molecule has 0 bridgehead atoms. The standard InChI is InChI=1S/C23H28N2O3/c1-17-20(22(24-28-17)19-11-6-3-7-12-19)16-25(15-18-9-4-2-5-10-18)23(26)21-13-8-14-27-21/h2-4,6-7,11-12,18,21H,5,8-10,13-16H2,1H3/t18-,21-/m0/s1. The highest BCUT2D eigenvalue weighted by atomic mass is 16.5. The van der Waals surface area contributed by atoms with Crippen LogP contribution in [0.3, 0.4) is 0 Å². The van der Waals surface area contributed by atoms with Crippen LogP contribution in [0, 0.1) is 12.8 Å². The monoisotopic (exact) mass is 380 g/mol. The molecule has 2 atom stereocenters. The molecule has 0 N–H and O–H groups in total. The first-order valence-corrected chi connectivity index (χ1v) is 10.3. The first kappa shape index (κ1) is 18.9. The summed E-state index contributed by atoms with van der Waals surface area (Å²) in [7, 11) is 0. The third-order valence-electron chi connectivity index (χ3n) is 5.75. The quantitative estimate of drug-likeness (QED) is 0.692. The lowest BCUT2D eigenvalue weighted by atomic mass is 9.93. The van der Waals surface area contributed by atoms with Gasteiger partial charge >= 0.3 is 0 Å². The molecule has 2 aromatic rings. The van der Waals surface area contributed by atoms with E-state index in [4.69, 9.17) is 9.26 Å². The number of carbonyl (C=O) groups is 1. The maximum atomic E-state index is 13.2. The molecule has 1 aromatic carbocycles. The van der Waals surface area contributed by atoms with Gasteiger partial charge in [-0.15, -0.1) is 0 Å². The first-order chi connectivity index (χ1) is 13.7. The van der Waals surface area contributed by atoms with Crippen molar-refractivity contribution in [2.75, 3.05) is 13.2 Å². The number of aryl methyl sites for hydroxylation is 1. The lowest BCUT2D eigenvalue weighted by Gasteiger charge is -2.30. The average Bonchev–Trinajstić information content (AvgIpc) is 3.39. The number of carbonyl (C=O) groups excluding carboxylic acids is 1. The highest BCUT2D eigenvalue weighted by Gasteiger charge is 2.31. The normalized spacial score (nSPS) is 21.8. The number of benzene rings is 1. The SMILES string of the molecule is Cc1onc(-c2ccccc2)c1CN(C[C@H]1CC=CCC1)C(=O)[C@@H]1CCCO1. The van der Waals surface area contributed by atoms with Gasteiger partial charge in [-0.25, -0.2) is 0 Å². The van der Waals surface area contributed by atoms with Crippen molar-refractivity contribution in [3.63, 3.8) is 0 Å². The molecular formula is C23H28N2O3. The van der Waals surface area contributed by atoms with Gasteiger partial charge in [0.2, 0.25) is 0 Å². The highest BCUT2D eigenvalue weighted by Crippen LogP contribution is 2.29. The number of aromatic nitrogens is 1. The lowest BCUT2D eigenvalue weighted by molar-refractivity contribution is -0.142. The molecule has 0 radical (unpaired) electrons. The van der Waals surface area contributed by atoms with Crippen molar-refractivity contribution >= 4 is 5.91 Å². The minimum Gasteiger partial charge on any atom is -0.368 e. The Balaban J connectivity index is 1.59. The van der Waals surface area contributed by atoms with Crippen LogP contribution in [0.25, 0.3) is 11.3 Å². The van der Waals surface area contributed by atoms with Gasteiger partial charge in [0.25, 0.3) is 5.91 Å². The molecule has 4 rings (SSSR count). The Labute approximate surface area is 166 Å². The minimum atomic E-state index is -0.306. The second-order valence-corrected chi connectivity index (χ2v) is 7.80. The van der Waals surface area contributed by atoms with E-state index in [-0.39, 0.29) is 12.0 Å². The van der Waals surface area contributed by atoms with Crippen molar-refractivity contribution < 1.29 is 14.1 Å². The van der Waals surface area contributed by atoms with Crippen molar-refractivity contribution in [1.29, 1.82) is 0 Å². The Bertz CT molecular complexity index is 822. The molecule has 1 saturated heterocycles. The van der Waals surface area contributed by atoms with Gasteiger partial charge in [-0.2, -0.15) is 0 Å². The predicted octanol–water partition coefficient (Wildman–Crippen LogP) is 4.51. The summed E-state index contributed by atoms with van der Waals surface area (Å²) in [5.74, 6) is 1.37. The maximum absolute atomic E-state index is 13.2. The summed E-state index contributed by atoms with van der Waals surface area (Å²) in [5.41, 5.74) is 2.83. The summed E-state index contributed by atoms with van der Waals surface area (Å²) in [6.07, 6.45) is 9.19. The highest BCUT2D eigenvalue weighted by molar-refractivity contribution is 5.81. The molecule has 1 aliphatic heterocycles. The topological polar surface area (TPSA) is 55.6 Å². The molecular weight excluding hydrogens is 352 g/mol. The fraction of sp³-hybridized carbons (Fsp3) is 0.478. The van der Waals surface area contributed by atoms with E-state index >= 15 is 0 Å². The molecule has 1 aromatic heterocycles. The van der Waals surface area contributed by atoms with Gasteiger partial charge in [0.1, 0.15) is 17.6 Å². The smallest absolute Gasteiger partial charge is 0.252 e. The molecule has 28 heavy (non-hydrogen) atoms. The van der Waals surface area contributed by atoms with Crippen molar-refractivity contribution in [3.8, 4) is 11.3 Å². The summed E-state index contributed by atoms with van der Waals surface area (Å²) in [6, 6.07) is 10.0. The fourth-order valence-corrected chi connectivity index (χ4v) is 4.13. The Kier molecular flexibility index (Phi) is 5.91. The van der Waals surface area contributed by atoms with E-state index in [0.29, 0.717) is 19.1 Å². The van der Waals surface area contributed by atoms with E-state index in [1.165, 1.54) is 0 Å². The molecule has 5 heteroatoms. The van der Waals surface area contributed by atoms with Crippen molar-refractivity contribution in [3.05, 3.63) is 53.8 Å². The number of nitrogens with zero attached hydrogens (tertiary/aromatic N) is 2. The van der Waals surface area contributed by atoms with Crippen molar-refractivity contribution in [2.24, 2.45) is 5.92 Å². The summed E-state index contributed by atoms with van der Waals surface area (Å²) in [4.78, 5) is 15.2. The third kappa shape index (κ3) is 4.20. The number of rotatable bonds is 6. The number of hydrogen-bond donors (Lipinski definition) is 0. The van der Waals surface area contributed by atoms with Crippen LogP contribution in [0.1, 0.15) is 43.4 Å². The Hall–Kier alpha value is -2.40. The number of amides is 1. The molecule has 0 saturated carbocycles. The molecule has 1 fully saturated rings. The molecule has 5 nitrogen and oxygen atoms in total. The Morgan fingerprint density at radius 1 is 1.21 bits per heavy atom. The van der Waals surface area contributed by atoms with Gasteiger partial charge < -0.3 is 14.2 Å². The third-order valence-corrected chi connectivity index (χ3v) is 5.75. The molecule has 0 spiro atoms. The van der Waals surface area contributed by atoms with Crippen molar-refractivity contribution in [2.45, 2.75) is 51.7 Å². The van der Waals surface area contributed by atoms with Crippen LogP contribution in [-0.4, -0.2) is 35.2 Å². The lowest BCUT2D eigenvalue weighted by Crippen LogP contribution is -2.41. The molecule has 2 heterocycles. The second kappa shape index (κ2) is 8.74. The van der Waals surface area contributed by atoms with E-state index in [9.17, 15) is 4.79 Å². The molecule has 1 aliphatic carbocycles. The summed E-state index contributed by atoms with van der Waals surface area (Å²) in [6.45, 7) is 3.87. The number of ether oxygens (including phenoxy) is 1. The Morgan fingerprint density at radius 3 is 2.79 bits per heavy atom. The van der Waals surface area contributed by atoms with Crippen LogP contribution >= 0.6 is 0 Å². The van der Waals surface area contributed by atoms with Gasteiger partial charge in [-0.3, -0.25) is 4.79 Å². The molecule has 148 valence electrons. The number of hydrogen-bond acceptors (Lipinski definition) is 4. The zero-order valence-corrected chi connectivity index (χ0v) is 16.5. The first-order valence-electron chi connectivity index (χ1n) is 10.3. The van der Waals surface area contributed by atoms with E-state index in [1.54, 1.807) is 0 Å². The molecule has 2 aliphatic rings. The van der Waals surface area contributed by atoms with Crippen LogP contribution in [0.4, 0.5) is 0 Å². The number of allylic oxidation sites excluding steroid dienone is 2. The fourth-order valence-electron chi connectivity index (χ4n) is 4.13. The molecule has 1 amide bonds. The zero-order chi connectivity index (χ0) is 19.3. The largest absolute Gasteiger partial charge is 0.368 e. The Morgan fingerprint density at radius 2 is 2.07 bits per heavy atom. The average molecular weight is 380 g/mol. The van der Waals surface area contributed by atoms with Gasteiger partial charge in [0, 0.05) is 24.3 Å². The van der Waals surface area contributed by atoms with Gasteiger partial charge in [0.15, 0.2) is 0 Å². The van der Waals surface area contributed by atoms with Gasteiger partial charge in [-0.05, 0) is 44.9 Å².